The molecule has 0 radical (unpaired) electrons. The Morgan fingerprint density at radius 2 is 1.24 bits per heavy atom. The lowest BCUT2D eigenvalue weighted by atomic mass is 9.82. The predicted molar refractivity (Wildman–Crippen MR) is 119 cm³/mol. The highest BCUT2D eigenvalue weighted by molar-refractivity contribution is 5.90. The third-order valence-electron chi connectivity index (χ3n) is 5.21. The van der Waals surface area contributed by atoms with Crippen molar-refractivity contribution in [2.75, 3.05) is 18.2 Å². The van der Waals surface area contributed by atoms with Crippen LogP contribution in [0.5, 0.6) is 11.5 Å². The quantitative estimate of drug-likeness (QED) is 0.285. The number of alkyl halides is 7. The number of amides is 1. The molecule has 0 unspecified atom stereocenters. The number of rotatable bonds is 8. The lowest BCUT2D eigenvalue weighted by Crippen LogP contribution is -2.49. The van der Waals surface area contributed by atoms with E-state index < -0.39 is 49.1 Å². The zero-order chi connectivity index (χ0) is 27.3. The van der Waals surface area contributed by atoms with Gasteiger partial charge in [0.1, 0.15) is 24.8 Å². The van der Waals surface area contributed by atoms with Gasteiger partial charge in [0.2, 0.25) is 0 Å². The standard InChI is InChI=1S/C25H20F7NO4/c1-23(17-7-5-11-20(15-17)36-24(27,28)29,18-8-6-12-21(16-18)37-25(30,31)32)33(22(34)35-14-13-26)19-9-3-2-4-10-19/h2-12,15-16H,13-14H2,1H3. The minimum Gasteiger partial charge on any atom is -0.446 e. The van der Waals surface area contributed by atoms with E-state index in [1.54, 1.807) is 18.2 Å². The zero-order valence-electron chi connectivity index (χ0n) is 19.1. The maximum absolute atomic E-state index is 13.2. The van der Waals surface area contributed by atoms with Crippen molar-refractivity contribution < 1.29 is 49.7 Å². The molecule has 5 nitrogen and oxygen atoms in total. The van der Waals surface area contributed by atoms with Gasteiger partial charge in [0, 0.05) is 5.69 Å². The van der Waals surface area contributed by atoms with Crippen LogP contribution in [0.2, 0.25) is 0 Å². The summed E-state index contributed by atoms with van der Waals surface area (Å²) in [4.78, 5) is 14.2. The SMILES string of the molecule is CC(c1cccc(OC(F)(F)F)c1)(c1cccc(OC(F)(F)F)c1)N(C(=O)OCCF)c1ccccc1. The lowest BCUT2D eigenvalue weighted by molar-refractivity contribution is -0.275. The topological polar surface area (TPSA) is 48.0 Å². The van der Waals surface area contributed by atoms with E-state index in [0.717, 1.165) is 29.2 Å². The summed E-state index contributed by atoms with van der Waals surface area (Å²) < 4.78 is 103. The van der Waals surface area contributed by atoms with Crippen LogP contribution in [-0.2, 0) is 10.3 Å². The predicted octanol–water partition coefficient (Wildman–Crippen LogP) is 7.36. The summed E-state index contributed by atoms with van der Waals surface area (Å²) in [6.45, 7) is -0.266. The van der Waals surface area contributed by atoms with Crippen molar-refractivity contribution >= 4 is 11.8 Å². The maximum Gasteiger partial charge on any atom is 0.573 e. The number of ether oxygens (including phenoxy) is 3. The van der Waals surface area contributed by atoms with Crippen LogP contribution < -0.4 is 14.4 Å². The molecular weight excluding hydrogens is 511 g/mol. The van der Waals surface area contributed by atoms with Gasteiger partial charge in [-0.25, -0.2) is 9.18 Å². The van der Waals surface area contributed by atoms with E-state index in [2.05, 4.69) is 9.47 Å². The van der Waals surface area contributed by atoms with Gasteiger partial charge in [0.25, 0.3) is 0 Å². The maximum atomic E-state index is 13.2. The molecule has 0 aliphatic rings. The number of anilines is 1. The molecule has 0 atom stereocenters. The first kappa shape index (κ1) is 27.6. The van der Waals surface area contributed by atoms with Gasteiger partial charge < -0.3 is 14.2 Å². The normalized spacial score (nSPS) is 12.1. The number of nitrogens with zero attached hydrogens (tertiary/aromatic N) is 1. The van der Waals surface area contributed by atoms with Crippen molar-refractivity contribution in [1.82, 2.24) is 0 Å². The van der Waals surface area contributed by atoms with Crippen molar-refractivity contribution in [1.29, 1.82) is 0 Å². The molecule has 198 valence electrons. The molecule has 0 aliphatic carbocycles. The molecule has 0 spiro atoms. The molecule has 0 fully saturated rings. The van der Waals surface area contributed by atoms with Crippen LogP contribution in [0.4, 0.5) is 41.2 Å². The van der Waals surface area contributed by atoms with E-state index in [0.29, 0.717) is 0 Å². The van der Waals surface area contributed by atoms with E-state index in [9.17, 15) is 35.5 Å². The second kappa shape index (κ2) is 11.0. The van der Waals surface area contributed by atoms with Gasteiger partial charge in [0.05, 0.1) is 5.54 Å². The molecule has 1 amide bonds. The Balaban J connectivity index is 2.28. The van der Waals surface area contributed by atoms with Gasteiger partial charge in [-0.15, -0.1) is 26.3 Å². The smallest absolute Gasteiger partial charge is 0.446 e. The Morgan fingerprint density at radius 1 is 0.757 bits per heavy atom. The summed E-state index contributed by atoms with van der Waals surface area (Å²) in [7, 11) is 0. The number of carbonyl (C=O) groups excluding carboxylic acids is 1. The van der Waals surface area contributed by atoms with Crippen LogP contribution in [0.1, 0.15) is 18.1 Å². The van der Waals surface area contributed by atoms with Crippen molar-refractivity contribution in [3.63, 3.8) is 0 Å². The molecule has 0 aromatic heterocycles. The second-order valence-electron chi connectivity index (χ2n) is 7.70. The van der Waals surface area contributed by atoms with Crippen LogP contribution in [-0.4, -0.2) is 32.1 Å². The fraction of sp³-hybridized carbons (Fsp3) is 0.240. The summed E-state index contributed by atoms with van der Waals surface area (Å²) in [6, 6.07) is 16.9. The lowest BCUT2D eigenvalue weighted by Gasteiger charge is -2.41. The second-order valence-corrected chi connectivity index (χ2v) is 7.70. The fourth-order valence-electron chi connectivity index (χ4n) is 3.73. The Labute approximate surface area is 207 Å². The molecule has 0 saturated carbocycles. The Morgan fingerprint density at radius 3 is 1.68 bits per heavy atom. The molecule has 3 aromatic rings. The number of halogens is 7. The molecule has 0 aliphatic heterocycles. The van der Waals surface area contributed by atoms with E-state index in [-0.39, 0.29) is 16.8 Å². The van der Waals surface area contributed by atoms with Crippen molar-refractivity contribution in [2.45, 2.75) is 25.2 Å². The Kier molecular flexibility index (Phi) is 8.19. The van der Waals surface area contributed by atoms with Gasteiger partial charge in [-0.3, -0.25) is 4.90 Å². The molecule has 0 N–H and O–H groups in total. The molecule has 0 bridgehead atoms. The highest BCUT2D eigenvalue weighted by Crippen LogP contribution is 2.42. The molecule has 3 rings (SSSR count). The minimum atomic E-state index is -5.03. The highest BCUT2D eigenvalue weighted by Gasteiger charge is 2.42. The first-order valence-corrected chi connectivity index (χ1v) is 10.6. The Bertz CT molecular complexity index is 1140. The van der Waals surface area contributed by atoms with Gasteiger partial charge in [-0.05, 0) is 54.4 Å². The first-order valence-electron chi connectivity index (χ1n) is 10.6. The van der Waals surface area contributed by atoms with E-state index in [1.165, 1.54) is 43.3 Å². The molecular formula is C25H20F7NO4. The third-order valence-corrected chi connectivity index (χ3v) is 5.21. The van der Waals surface area contributed by atoms with Gasteiger partial charge >= 0.3 is 18.8 Å². The highest BCUT2D eigenvalue weighted by atomic mass is 19.4. The number of hydrogen-bond donors (Lipinski definition) is 0. The van der Waals surface area contributed by atoms with E-state index >= 15 is 0 Å². The minimum absolute atomic E-state index is 0.0134. The summed E-state index contributed by atoms with van der Waals surface area (Å²) in [5.74, 6) is -1.27. The molecule has 37 heavy (non-hydrogen) atoms. The van der Waals surface area contributed by atoms with E-state index in [4.69, 9.17) is 4.74 Å². The average molecular weight is 531 g/mol. The monoisotopic (exact) mass is 531 g/mol. The fourth-order valence-corrected chi connectivity index (χ4v) is 3.73. The summed E-state index contributed by atoms with van der Waals surface area (Å²) >= 11 is 0. The van der Waals surface area contributed by atoms with Gasteiger partial charge in [-0.1, -0.05) is 42.5 Å². The summed E-state index contributed by atoms with van der Waals surface area (Å²) in [5.41, 5.74) is -1.61. The van der Waals surface area contributed by atoms with Crippen molar-refractivity contribution in [3.8, 4) is 11.5 Å². The van der Waals surface area contributed by atoms with E-state index in [1.807, 2.05) is 0 Å². The zero-order valence-corrected chi connectivity index (χ0v) is 19.1. The number of benzene rings is 3. The van der Waals surface area contributed by atoms with Gasteiger partial charge in [-0.2, -0.15) is 0 Å². The van der Waals surface area contributed by atoms with Crippen molar-refractivity contribution in [2.24, 2.45) is 0 Å². The average Bonchev–Trinajstić information content (AvgIpc) is 2.81. The van der Waals surface area contributed by atoms with Gasteiger partial charge in [0.15, 0.2) is 0 Å². The molecule has 3 aromatic carbocycles. The van der Waals surface area contributed by atoms with Crippen molar-refractivity contribution in [3.05, 3.63) is 90.0 Å². The Hall–Kier alpha value is -3.96. The summed E-state index contributed by atoms with van der Waals surface area (Å²) in [5, 5.41) is 0. The third kappa shape index (κ3) is 7.05. The first-order chi connectivity index (χ1) is 17.3. The largest absolute Gasteiger partial charge is 0.573 e. The molecule has 0 saturated heterocycles. The van der Waals surface area contributed by atoms with Crippen LogP contribution in [0.3, 0.4) is 0 Å². The number of para-hydroxylation sites is 1. The number of hydrogen-bond acceptors (Lipinski definition) is 4. The van der Waals surface area contributed by atoms with Crippen LogP contribution >= 0.6 is 0 Å². The van der Waals surface area contributed by atoms with Crippen LogP contribution in [0.25, 0.3) is 0 Å². The molecule has 12 heteroatoms. The van der Waals surface area contributed by atoms with Crippen LogP contribution in [0, 0.1) is 0 Å². The molecule has 0 heterocycles. The summed E-state index contributed by atoms with van der Waals surface area (Å²) in [6.07, 6.45) is -11.2. The van der Waals surface area contributed by atoms with Crippen LogP contribution in [0.15, 0.2) is 78.9 Å². The number of carbonyl (C=O) groups is 1.